The third kappa shape index (κ3) is 1.48. The maximum absolute atomic E-state index is 2.04. The highest BCUT2D eigenvalue weighted by Gasteiger charge is 1.58. The van der Waals surface area contributed by atoms with Gasteiger partial charge in [-0.15, -0.1) is 0 Å². The average Bonchev–Trinajstić information content (AvgIpc) is 1.76. The van der Waals surface area contributed by atoms with Crippen molar-refractivity contribution >= 4 is 24.8 Å². The fraction of sp³-hybridized carbons (Fsp3) is 0. The van der Waals surface area contributed by atoms with E-state index in [1.807, 2.05) is 22.9 Å². The van der Waals surface area contributed by atoms with Crippen molar-refractivity contribution in [1.29, 1.82) is 0 Å². The highest BCUT2D eigenvalue weighted by Crippen LogP contribution is 1.91. The van der Waals surface area contributed by atoms with E-state index in [1.165, 1.54) is 0 Å². The summed E-state index contributed by atoms with van der Waals surface area (Å²) in [7, 11) is 0. The predicted octanol–water partition coefficient (Wildman–Crippen LogP) is 1.86. The van der Waals surface area contributed by atoms with Crippen LogP contribution in [0.15, 0.2) is 22.9 Å². The molecule has 1 aromatic rings. The zero-order valence-electron chi connectivity index (χ0n) is 3.22. The zero-order valence-corrected chi connectivity index (χ0v) is 5.03. The van der Waals surface area contributed by atoms with Crippen LogP contribution >= 0.6 is 24.8 Å². The topological polar surface area (TPSA) is 0 Å². The summed E-state index contributed by atoms with van der Waals surface area (Å²) in [5.41, 5.74) is 0. The molecule has 0 saturated carbocycles. The van der Waals surface area contributed by atoms with Crippen LogP contribution in [0.1, 0.15) is 0 Å². The van der Waals surface area contributed by atoms with Gasteiger partial charge in [-0.05, 0) is 10.8 Å². The predicted molar refractivity (Wildman–Crippen MR) is 34.7 cm³/mol. The van der Waals surface area contributed by atoms with Gasteiger partial charge in [0.25, 0.3) is 0 Å². The van der Waals surface area contributed by atoms with E-state index in [0.29, 0.717) is 0 Å². The first-order valence-corrected chi connectivity index (χ1v) is 2.41. The molecule has 0 saturated heterocycles. The molecule has 1 aromatic heterocycles. The molecule has 0 N–H and O–H groups in total. The van der Waals surface area contributed by atoms with Crippen molar-refractivity contribution in [1.82, 2.24) is 0 Å². The largest absolute Gasteiger partial charge is 0.197 e. The van der Waals surface area contributed by atoms with Crippen molar-refractivity contribution in [3.8, 4) is 0 Å². The summed E-state index contributed by atoms with van der Waals surface area (Å²) >= 11 is 1.71. The Hall–Kier alpha value is 0.0500. The van der Waals surface area contributed by atoms with E-state index in [2.05, 4.69) is 0 Å². The third-order valence-electron chi connectivity index (χ3n) is 0.425. The molecule has 0 atom stereocenters. The standard InChI is InChI=1S/C4H4S.H2S/c1-2-4-5-3-1;/h1-4H;1H2. The summed E-state index contributed by atoms with van der Waals surface area (Å²) in [6, 6.07) is 4.04. The van der Waals surface area contributed by atoms with Crippen LogP contribution in [0.4, 0.5) is 0 Å². The molecule has 34 valence electrons. The second-order valence-corrected chi connectivity index (χ2v) is 1.61. The Bertz CT molecular complexity index is 62.0. The summed E-state index contributed by atoms with van der Waals surface area (Å²) in [6.45, 7) is 0. The lowest BCUT2D eigenvalue weighted by atomic mass is 10.7. The quantitative estimate of drug-likeness (QED) is 0.488. The molecule has 0 spiro atoms. The van der Waals surface area contributed by atoms with Gasteiger partial charge in [-0.25, -0.2) is 0 Å². The molecule has 0 aliphatic rings. The highest BCUT2D eigenvalue weighted by atomic mass is 32.1. The van der Waals surface area contributed by atoms with E-state index < -0.39 is 0 Å². The van der Waals surface area contributed by atoms with E-state index in [4.69, 9.17) is 0 Å². The minimum atomic E-state index is 0. The molecule has 0 unspecified atom stereocenters. The van der Waals surface area contributed by atoms with Crippen molar-refractivity contribution in [2.24, 2.45) is 0 Å². The second-order valence-electron chi connectivity index (χ2n) is 0.793. The fourth-order valence-electron chi connectivity index (χ4n) is 0.227. The van der Waals surface area contributed by atoms with Gasteiger partial charge >= 0.3 is 0 Å². The van der Waals surface area contributed by atoms with Gasteiger partial charge in [0.1, 0.15) is 0 Å². The van der Waals surface area contributed by atoms with E-state index >= 15 is 0 Å². The Labute approximate surface area is 48.3 Å². The molecule has 0 amide bonds. The van der Waals surface area contributed by atoms with Crippen LogP contribution < -0.4 is 0 Å². The van der Waals surface area contributed by atoms with Crippen molar-refractivity contribution in [2.45, 2.75) is 0 Å². The number of rotatable bonds is 0. The van der Waals surface area contributed by atoms with Gasteiger partial charge in [-0.1, -0.05) is 12.1 Å². The first-order valence-electron chi connectivity index (χ1n) is 1.47. The van der Waals surface area contributed by atoms with Crippen LogP contribution in [-0.4, -0.2) is 0 Å². The molecule has 0 radical (unpaired) electrons. The van der Waals surface area contributed by atoms with Gasteiger partial charge in [0.15, 0.2) is 0 Å². The Morgan fingerprint density at radius 2 is 1.50 bits per heavy atom. The number of hydrogen-bond acceptors (Lipinski definition) is 1. The molecule has 0 fully saturated rings. The molecule has 2 heteroatoms. The summed E-state index contributed by atoms with van der Waals surface area (Å²) in [5.74, 6) is 0. The maximum atomic E-state index is 2.04. The van der Waals surface area contributed by atoms with Crippen molar-refractivity contribution in [3.05, 3.63) is 22.9 Å². The van der Waals surface area contributed by atoms with Crippen molar-refractivity contribution in [2.75, 3.05) is 0 Å². The van der Waals surface area contributed by atoms with E-state index in [1.54, 1.807) is 11.3 Å². The lowest BCUT2D eigenvalue weighted by Gasteiger charge is -1.39. The first kappa shape index (κ1) is 6.05. The normalized spacial score (nSPS) is 6.67. The molecule has 0 aromatic carbocycles. The Morgan fingerprint density at radius 1 is 1.00 bits per heavy atom. The SMILES string of the molecule is S.c1ccsc1. The van der Waals surface area contributed by atoms with E-state index in [0.717, 1.165) is 0 Å². The van der Waals surface area contributed by atoms with Crippen molar-refractivity contribution < 1.29 is 0 Å². The van der Waals surface area contributed by atoms with Gasteiger partial charge in [-0.2, -0.15) is 24.8 Å². The van der Waals surface area contributed by atoms with Crippen LogP contribution in [0.5, 0.6) is 0 Å². The molecule has 0 aliphatic carbocycles. The summed E-state index contributed by atoms with van der Waals surface area (Å²) in [5, 5.41) is 4.08. The van der Waals surface area contributed by atoms with Gasteiger partial charge < -0.3 is 0 Å². The highest BCUT2D eigenvalue weighted by molar-refractivity contribution is 7.59. The second kappa shape index (κ2) is 3.25. The Morgan fingerprint density at radius 3 is 1.67 bits per heavy atom. The van der Waals surface area contributed by atoms with Crippen LogP contribution in [0.3, 0.4) is 0 Å². The summed E-state index contributed by atoms with van der Waals surface area (Å²) in [4.78, 5) is 0. The molecular weight excluding hydrogens is 112 g/mol. The van der Waals surface area contributed by atoms with E-state index in [-0.39, 0.29) is 13.5 Å². The van der Waals surface area contributed by atoms with E-state index in [9.17, 15) is 0 Å². The van der Waals surface area contributed by atoms with Crippen LogP contribution in [0.25, 0.3) is 0 Å². The average molecular weight is 118 g/mol. The van der Waals surface area contributed by atoms with Crippen LogP contribution in [0, 0.1) is 0 Å². The van der Waals surface area contributed by atoms with Gasteiger partial charge in [-0.3, -0.25) is 0 Å². The van der Waals surface area contributed by atoms with Gasteiger partial charge in [0.05, 0.1) is 0 Å². The maximum Gasteiger partial charge on any atom is -0.00934 e. The van der Waals surface area contributed by atoms with Crippen molar-refractivity contribution in [3.63, 3.8) is 0 Å². The minimum Gasteiger partial charge on any atom is -0.197 e. The lowest BCUT2D eigenvalue weighted by Crippen LogP contribution is -1.16. The summed E-state index contributed by atoms with van der Waals surface area (Å²) in [6.07, 6.45) is 0. The Kier molecular flexibility index (Phi) is 3.28. The minimum absolute atomic E-state index is 0. The molecular formula is C4H6S2. The van der Waals surface area contributed by atoms with Crippen LogP contribution in [-0.2, 0) is 0 Å². The molecule has 0 bridgehead atoms. The van der Waals surface area contributed by atoms with Gasteiger partial charge in [0.2, 0.25) is 0 Å². The van der Waals surface area contributed by atoms with Crippen LogP contribution in [0.2, 0.25) is 0 Å². The molecule has 0 aliphatic heterocycles. The molecule has 6 heavy (non-hydrogen) atoms. The smallest absolute Gasteiger partial charge is 0.00934 e. The Balaban J connectivity index is 0.000000250. The lowest BCUT2D eigenvalue weighted by molar-refractivity contribution is 2.03. The number of hydrogen-bond donors (Lipinski definition) is 0. The zero-order chi connectivity index (χ0) is 3.54. The third-order valence-corrected chi connectivity index (χ3v) is 1.05. The fourth-order valence-corrected chi connectivity index (χ4v) is 0.680. The molecule has 0 nitrogen and oxygen atoms in total. The van der Waals surface area contributed by atoms with Gasteiger partial charge in [0, 0.05) is 0 Å². The molecule has 1 rings (SSSR count). The first-order chi connectivity index (χ1) is 2.50. The number of thiophene rings is 1. The monoisotopic (exact) mass is 118 g/mol. The summed E-state index contributed by atoms with van der Waals surface area (Å²) < 4.78 is 0. The molecule has 1 heterocycles.